The van der Waals surface area contributed by atoms with Crippen molar-refractivity contribution in [3.8, 4) is 0 Å². The summed E-state index contributed by atoms with van der Waals surface area (Å²) in [6, 6.07) is 0. The summed E-state index contributed by atoms with van der Waals surface area (Å²) >= 11 is 6.60. The lowest BCUT2D eigenvalue weighted by Gasteiger charge is -1.96. The molecule has 0 saturated heterocycles. The largest absolute Gasteiger partial charge is 0.319 e. The fourth-order valence-corrected chi connectivity index (χ4v) is 1.31. The van der Waals surface area contributed by atoms with Crippen LogP contribution in [0.5, 0.6) is 0 Å². The van der Waals surface area contributed by atoms with E-state index < -0.39 is 4.92 Å². The van der Waals surface area contributed by atoms with Crippen LogP contribution in [-0.2, 0) is 0 Å². The van der Waals surface area contributed by atoms with Crippen LogP contribution in [0.4, 0.5) is 5.69 Å². The van der Waals surface area contributed by atoms with Crippen LogP contribution in [-0.4, -0.2) is 21.1 Å². The van der Waals surface area contributed by atoms with Gasteiger partial charge in [-0.2, -0.15) is 0 Å². The third-order valence-electron chi connectivity index (χ3n) is 1.10. The summed E-state index contributed by atoms with van der Waals surface area (Å²) in [6.07, 6.45) is 2.78. The van der Waals surface area contributed by atoms with Gasteiger partial charge in [0.15, 0.2) is 5.03 Å². The van der Waals surface area contributed by atoms with E-state index in [9.17, 15) is 10.1 Å². The molecule has 5 nitrogen and oxygen atoms in total. The number of rotatable bonds is 2. The maximum absolute atomic E-state index is 10.4. The van der Waals surface area contributed by atoms with E-state index in [-0.39, 0.29) is 16.0 Å². The minimum Gasteiger partial charge on any atom is -0.258 e. The monoisotopic (exact) mass is 205 g/mol. The van der Waals surface area contributed by atoms with E-state index in [0.717, 1.165) is 18.0 Å². The van der Waals surface area contributed by atoms with Crippen molar-refractivity contribution in [2.24, 2.45) is 0 Å². The molecule has 0 atom stereocenters. The van der Waals surface area contributed by atoms with E-state index >= 15 is 0 Å². The Balaban J connectivity index is 3.20. The molecule has 0 aromatic carbocycles. The van der Waals surface area contributed by atoms with E-state index in [1.165, 1.54) is 0 Å². The molecule has 0 aliphatic heterocycles. The van der Waals surface area contributed by atoms with Gasteiger partial charge in [-0.1, -0.05) is 0 Å². The van der Waals surface area contributed by atoms with Crippen molar-refractivity contribution in [2.45, 2.75) is 5.03 Å². The van der Waals surface area contributed by atoms with Crippen LogP contribution in [0.1, 0.15) is 0 Å². The number of nitro groups is 1. The molecule has 0 aliphatic carbocycles. The van der Waals surface area contributed by atoms with Gasteiger partial charge < -0.3 is 0 Å². The molecule has 0 spiro atoms. The van der Waals surface area contributed by atoms with Gasteiger partial charge in [-0.15, -0.1) is 11.8 Å². The van der Waals surface area contributed by atoms with Crippen molar-refractivity contribution in [2.75, 3.05) is 6.26 Å². The number of nitrogens with zero attached hydrogens (tertiary/aromatic N) is 3. The topological polar surface area (TPSA) is 68.9 Å². The molecule has 0 saturated carbocycles. The van der Waals surface area contributed by atoms with Crippen LogP contribution in [0, 0.1) is 10.1 Å². The fourth-order valence-electron chi connectivity index (χ4n) is 0.615. The van der Waals surface area contributed by atoms with Gasteiger partial charge in [0.05, 0.1) is 4.92 Å². The summed E-state index contributed by atoms with van der Waals surface area (Å²) in [7, 11) is 0. The smallest absolute Gasteiger partial charge is 0.258 e. The van der Waals surface area contributed by atoms with E-state index in [2.05, 4.69) is 9.97 Å². The van der Waals surface area contributed by atoms with E-state index in [0.29, 0.717) is 0 Å². The van der Waals surface area contributed by atoms with Crippen molar-refractivity contribution in [1.29, 1.82) is 0 Å². The first-order chi connectivity index (χ1) is 5.65. The Morgan fingerprint density at radius 2 is 2.42 bits per heavy atom. The lowest BCUT2D eigenvalue weighted by Crippen LogP contribution is -1.94. The van der Waals surface area contributed by atoms with Crippen LogP contribution in [0.25, 0.3) is 0 Å². The van der Waals surface area contributed by atoms with E-state index in [1.54, 1.807) is 6.26 Å². The van der Waals surface area contributed by atoms with Gasteiger partial charge in [0, 0.05) is 0 Å². The van der Waals surface area contributed by atoms with Gasteiger partial charge >= 0.3 is 5.69 Å². The highest BCUT2D eigenvalue weighted by Gasteiger charge is 2.15. The Bertz CT molecular complexity index is 320. The number of thioether (sulfide) groups is 1. The number of aromatic nitrogens is 2. The minimum atomic E-state index is -0.540. The highest BCUT2D eigenvalue weighted by atomic mass is 35.5. The molecule has 0 fully saturated rings. The molecule has 12 heavy (non-hydrogen) atoms. The average Bonchev–Trinajstić information content (AvgIpc) is 2.03. The van der Waals surface area contributed by atoms with Crippen LogP contribution >= 0.6 is 23.4 Å². The normalized spacial score (nSPS) is 9.83. The van der Waals surface area contributed by atoms with Crippen molar-refractivity contribution >= 4 is 29.1 Å². The van der Waals surface area contributed by atoms with Crippen molar-refractivity contribution < 1.29 is 4.92 Å². The summed E-state index contributed by atoms with van der Waals surface area (Å²) in [5, 5.41) is 10.7. The van der Waals surface area contributed by atoms with Gasteiger partial charge in [0.2, 0.25) is 5.28 Å². The van der Waals surface area contributed by atoms with Gasteiger partial charge in [0.25, 0.3) is 0 Å². The SMILES string of the molecule is CSc1nc(Cl)ncc1[N+](=O)[O-]. The standard InChI is InChI=1S/C5H4ClN3O2S/c1-12-4-3(9(10)11)2-7-5(6)8-4/h2H,1H3. The highest BCUT2D eigenvalue weighted by molar-refractivity contribution is 7.98. The van der Waals surface area contributed by atoms with Gasteiger partial charge in [0.1, 0.15) is 6.20 Å². The summed E-state index contributed by atoms with van der Waals surface area (Å²) in [6.45, 7) is 0. The molecule has 1 aromatic heterocycles. The fraction of sp³-hybridized carbons (Fsp3) is 0.200. The first-order valence-corrected chi connectivity index (χ1v) is 4.46. The summed E-state index contributed by atoms with van der Waals surface area (Å²) < 4.78 is 0. The predicted octanol–water partition coefficient (Wildman–Crippen LogP) is 1.76. The Hall–Kier alpha value is -0.880. The molecular weight excluding hydrogens is 202 g/mol. The minimum absolute atomic E-state index is 0.0185. The summed E-state index contributed by atoms with van der Waals surface area (Å²) in [5.74, 6) is 0. The maximum Gasteiger partial charge on any atom is 0.319 e. The second kappa shape index (κ2) is 3.68. The zero-order valence-corrected chi connectivity index (χ0v) is 7.59. The first-order valence-electron chi connectivity index (χ1n) is 2.86. The molecule has 0 bridgehead atoms. The lowest BCUT2D eigenvalue weighted by molar-refractivity contribution is -0.388. The average molecular weight is 206 g/mol. The van der Waals surface area contributed by atoms with Gasteiger partial charge in [-0.3, -0.25) is 10.1 Å². The molecule has 7 heteroatoms. The van der Waals surface area contributed by atoms with Crippen LogP contribution < -0.4 is 0 Å². The second-order valence-electron chi connectivity index (χ2n) is 1.79. The van der Waals surface area contributed by atoms with Crippen LogP contribution in [0.3, 0.4) is 0 Å². The first kappa shape index (κ1) is 9.21. The van der Waals surface area contributed by atoms with Crippen molar-refractivity contribution in [3.63, 3.8) is 0 Å². The molecule has 0 unspecified atom stereocenters. The molecule has 64 valence electrons. The second-order valence-corrected chi connectivity index (χ2v) is 2.92. The zero-order chi connectivity index (χ0) is 9.14. The zero-order valence-electron chi connectivity index (χ0n) is 6.02. The number of hydrogen-bond acceptors (Lipinski definition) is 5. The molecule has 0 amide bonds. The Kier molecular flexibility index (Phi) is 2.83. The maximum atomic E-state index is 10.4. The predicted molar refractivity (Wildman–Crippen MR) is 45.5 cm³/mol. The Labute approximate surface area is 77.3 Å². The summed E-state index contributed by atoms with van der Waals surface area (Å²) in [4.78, 5) is 17.0. The molecule has 0 radical (unpaired) electrons. The highest BCUT2D eigenvalue weighted by Crippen LogP contribution is 2.24. The third-order valence-corrected chi connectivity index (χ3v) is 1.97. The quantitative estimate of drug-likeness (QED) is 0.242. The van der Waals surface area contributed by atoms with Crippen molar-refractivity contribution in [3.05, 3.63) is 21.6 Å². The van der Waals surface area contributed by atoms with Crippen LogP contribution in [0.15, 0.2) is 11.2 Å². The molecular formula is C5H4ClN3O2S. The number of halogens is 1. The lowest BCUT2D eigenvalue weighted by atomic mass is 10.6. The van der Waals surface area contributed by atoms with Crippen molar-refractivity contribution in [1.82, 2.24) is 9.97 Å². The molecule has 1 rings (SSSR count). The third kappa shape index (κ3) is 1.83. The molecule has 0 N–H and O–H groups in total. The molecule has 1 aromatic rings. The van der Waals surface area contributed by atoms with E-state index in [1.807, 2.05) is 0 Å². The Morgan fingerprint density at radius 3 is 2.92 bits per heavy atom. The van der Waals surface area contributed by atoms with Gasteiger partial charge in [-0.05, 0) is 17.9 Å². The van der Waals surface area contributed by atoms with E-state index in [4.69, 9.17) is 11.6 Å². The van der Waals surface area contributed by atoms with Gasteiger partial charge in [-0.25, -0.2) is 9.97 Å². The Morgan fingerprint density at radius 1 is 1.75 bits per heavy atom. The molecule has 0 aliphatic rings. The summed E-state index contributed by atoms with van der Waals surface area (Å²) in [5.41, 5.74) is -0.119. The van der Waals surface area contributed by atoms with Crippen LogP contribution in [0.2, 0.25) is 5.28 Å². The molecule has 1 heterocycles. The number of hydrogen-bond donors (Lipinski definition) is 0.